The molecule has 0 saturated carbocycles. The minimum Gasteiger partial charge on any atom is -0.315 e. The van der Waals surface area contributed by atoms with Gasteiger partial charge in [-0.3, -0.25) is 14.5 Å². The summed E-state index contributed by atoms with van der Waals surface area (Å²) in [6.45, 7) is 5.96. The molecule has 2 amide bonds. The second-order valence-electron chi connectivity index (χ2n) is 4.55. The fourth-order valence-electron chi connectivity index (χ4n) is 2.25. The van der Waals surface area contributed by atoms with Gasteiger partial charge in [-0.25, -0.2) is 0 Å². The lowest BCUT2D eigenvalue weighted by atomic mass is 10.00. The Labute approximate surface area is 83.6 Å². The number of likely N-dealkylation sites (tertiary alicyclic amines) is 1. The molecular weight excluding hydrogens is 180 g/mol. The number of imide groups is 1. The molecule has 2 rings (SSSR count). The number of carbonyl (C=O) groups excluding carboxylic acids is 2. The molecule has 0 aliphatic carbocycles. The van der Waals surface area contributed by atoms with Gasteiger partial charge in [0.25, 0.3) is 0 Å². The molecule has 0 unspecified atom stereocenters. The molecule has 2 aliphatic heterocycles. The van der Waals surface area contributed by atoms with Crippen molar-refractivity contribution in [3.63, 3.8) is 0 Å². The van der Waals surface area contributed by atoms with Crippen molar-refractivity contribution >= 4 is 11.8 Å². The maximum Gasteiger partial charge on any atom is 0.234 e. The zero-order valence-electron chi connectivity index (χ0n) is 8.62. The van der Waals surface area contributed by atoms with Crippen LogP contribution in [0.1, 0.15) is 13.8 Å². The van der Waals surface area contributed by atoms with E-state index in [0.29, 0.717) is 25.6 Å². The SMILES string of the molecule is CC(C)CN1C(=O)[C@H]2CNC[C@@H]2C1=O. The van der Waals surface area contributed by atoms with Gasteiger partial charge in [0.05, 0.1) is 11.8 Å². The van der Waals surface area contributed by atoms with E-state index >= 15 is 0 Å². The van der Waals surface area contributed by atoms with Gasteiger partial charge in [0, 0.05) is 19.6 Å². The van der Waals surface area contributed by atoms with Crippen molar-refractivity contribution < 1.29 is 9.59 Å². The van der Waals surface area contributed by atoms with Crippen molar-refractivity contribution in [3.8, 4) is 0 Å². The summed E-state index contributed by atoms with van der Waals surface area (Å²) in [6, 6.07) is 0. The van der Waals surface area contributed by atoms with Gasteiger partial charge < -0.3 is 5.32 Å². The molecule has 2 heterocycles. The molecule has 2 saturated heterocycles. The first kappa shape index (κ1) is 9.65. The van der Waals surface area contributed by atoms with Gasteiger partial charge in [0.2, 0.25) is 11.8 Å². The van der Waals surface area contributed by atoms with Crippen LogP contribution in [0.15, 0.2) is 0 Å². The van der Waals surface area contributed by atoms with Gasteiger partial charge in [0.15, 0.2) is 0 Å². The van der Waals surface area contributed by atoms with Crippen LogP contribution in [0.4, 0.5) is 0 Å². The number of nitrogens with one attached hydrogen (secondary N) is 1. The highest BCUT2D eigenvalue weighted by molar-refractivity contribution is 6.05. The summed E-state index contributed by atoms with van der Waals surface area (Å²) in [5, 5.41) is 3.09. The van der Waals surface area contributed by atoms with Crippen molar-refractivity contribution in [2.45, 2.75) is 13.8 Å². The molecule has 4 heteroatoms. The molecule has 2 fully saturated rings. The van der Waals surface area contributed by atoms with Crippen molar-refractivity contribution in [2.75, 3.05) is 19.6 Å². The van der Waals surface area contributed by atoms with E-state index in [-0.39, 0.29) is 23.7 Å². The standard InChI is InChI=1S/C10H16N2O2/c1-6(2)5-12-9(13)7-3-11-4-8(7)10(12)14/h6-8,11H,3-5H2,1-2H3/t7-,8-/m0/s1. The molecule has 0 aromatic heterocycles. The van der Waals surface area contributed by atoms with E-state index in [1.165, 1.54) is 4.90 Å². The van der Waals surface area contributed by atoms with Gasteiger partial charge >= 0.3 is 0 Å². The molecule has 1 N–H and O–H groups in total. The lowest BCUT2D eigenvalue weighted by Gasteiger charge is -2.17. The van der Waals surface area contributed by atoms with Crippen molar-refractivity contribution in [2.24, 2.45) is 17.8 Å². The van der Waals surface area contributed by atoms with Crippen LogP contribution in [0.25, 0.3) is 0 Å². The number of carbonyl (C=O) groups is 2. The van der Waals surface area contributed by atoms with Crippen LogP contribution in [-0.2, 0) is 9.59 Å². The summed E-state index contributed by atoms with van der Waals surface area (Å²) in [6.07, 6.45) is 0. The van der Waals surface area contributed by atoms with Crippen molar-refractivity contribution in [3.05, 3.63) is 0 Å². The highest BCUT2D eigenvalue weighted by Crippen LogP contribution is 2.29. The fraction of sp³-hybridized carbons (Fsp3) is 0.800. The minimum atomic E-state index is -0.0822. The average molecular weight is 196 g/mol. The monoisotopic (exact) mass is 196 g/mol. The Hall–Kier alpha value is -0.900. The van der Waals surface area contributed by atoms with E-state index in [1.54, 1.807) is 0 Å². The van der Waals surface area contributed by atoms with Crippen LogP contribution in [0.3, 0.4) is 0 Å². The predicted molar refractivity (Wildman–Crippen MR) is 51.4 cm³/mol. The summed E-state index contributed by atoms with van der Waals surface area (Å²) >= 11 is 0. The molecule has 2 aliphatic rings. The van der Waals surface area contributed by atoms with Gasteiger partial charge in [0.1, 0.15) is 0 Å². The first-order valence-electron chi connectivity index (χ1n) is 5.17. The molecule has 2 atom stereocenters. The molecule has 78 valence electrons. The molecule has 0 bridgehead atoms. The summed E-state index contributed by atoms with van der Waals surface area (Å²) < 4.78 is 0. The maximum absolute atomic E-state index is 11.8. The van der Waals surface area contributed by atoms with Crippen molar-refractivity contribution in [1.82, 2.24) is 10.2 Å². The van der Waals surface area contributed by atoms with Crippen LogP contribution in [0, 0.1) is 17.8 Å². The first-order valence-corrected chi connectivity index (χ1v) is 5.17. The first-order chi connectivity index (χ1) is 6.61. The number of nitrogens with zero attached hydrogens (tertiary/aromatic N) is 1. The Morgan fingerprint density at radius 3 is 2.21 bits per heavy atom. The highest BCUT2D eigenvalue weighted by atomic mass is 16.2. The third-order valence-corrected chi connectivity index (χ3v) is 2.93. The summed E-state index contributed by atoms with van der Waals surface area (Å²) in [4.78, 5) is 25.0. The maximum atomic E-state index is 11.8. The quantitative estimate of drug-likeness (QED) is 0.625. The Kier molecular flexibility index (Phi) is 2.31. The zero-order chi connectivity index (χ0) is 10.3. The number of rotatable bonds is 2. The zero-order valence-corrected chi connectivity index (χ0v) is 8.62. The number of amides is 2. The Morgan fingerprint density at radius 1 is 1.29 bits per heavy atom. The number of hydrogen-bond acceptors (Lipinski definition) is 3. The van der Waals surface area contributed by atoms with E-state index < -0.39 is 0 Å². The fourth-order valence-corrected chi connectivity index (χ4v) is 2.25. The van der Waals surface area contributed by atoms with Crippen LogP contribution >= 0.6 is 0 Å². The van der Waals surface area contributed by atoms with E-state index in [1.807, 2.05) is 13.8 Å². The van der Waals surface area contributed by atoms with Gasteiger partial charge in [-0.1, -0.05) is 13.8 Å². The molecule has 0 aromatic rings. The molecule has 4 nitrogen and oxygen atoms in total. The van der Waals surface area contributed by atoms with Crippen LogP contribution in [0.2, 0.25) is 0 Å². The molecule has 14 heavy (non-hydrogen) atoms. The predicted octanol–water partition coefficient (Wildman–Crippen LogP) is -0.153. The Bertz CT molecular complexity index is 253. The molecule has 0 radical (unpaired) electrons. The Morgan fingerprint density at radius 2 is 1.79 bits per heavy atom. The summed E-state index contributed by atoms with van der Waals surface area (Å²) in [5.74, 6) is 0.245. The van der Waals surface area contributed by atoms with Gasteiger partial charge in [-0.05, 0) is 5.92 Å². The summed E-state index contributed by atoms with van der Waals surface area (Å²) in [5.41, 5.74) is 0. The molecule has 0 aromatic carbocycles. The van der Waals surface area contributed by atoms with E-state index in [4.69, 9.17) is 0 Å². The average Bonchev–Trinajstić information content (AvgIpc) is 2.65. The molecular formula is C10H16N2O2. The van der Waals surface area contributed by atoms with Gasteiger partial charge in [-0.15, -0.1) is 0 Å². The minimum absolute atomic E-state index is 0.0266. The van der Waals surface area contributed by atoms with Gasteiger partial charge in [-0.2, -0.15) is 0 Å². The van der Waals surface area contributed by atoms with E-state index in [2.05, 4.69) is 5.32 Å². The topological polar surface area (TPSA) is 49.4 Å². The lowest BCUT2D eigenvalue weighted by Crippen LogP contribution is -2.37. The third kappa shape index (κ3) is 1.34. The second-order valence-corrected chi connectivity index (χ2v) is 4.55. The largest absolute Gasteiger partial charge is 0.315 e. The van der Waals surface area contributed by atoms with E-state index in [9.17, 15) is 9.59 Å². The lowest BCUT2D eigenvalue weighted by molar-refractivity contribution is -0.140. The summed E-state index contributed by atoms with van der Waals surface area (Å²) in [7, 11) is 0. The molecule has 0 spiro atoms. The number of hydrogen-bond donors (Lipinski definition) is 1. The van der Waals surface area contributed by atoms with E-state index in [0.717, 1.165) is 0 Å². The van der Waals surface area contributed by atoms with Crippen LogP contribution in [-0.4, -0.2) is 36.3 Å². The smallest absolute Gasteiger partial charge is 0.234 e. The van der Waals surface area contributed by atoms with Crippen LogP contribution < -0.4 is 5.32 Å². The van der Waals surface area contributed by atoms with Crippen molar-refractivity contribution in [1.29, 1.82) is 0 Å². The third-order valence-electron chi connectivity index (χ3n) is 2.93. The second kappa shape index (κ2) is 3.35. The normalized spacial score (nSPS) is 31.8. The number of fused-ring (bicyclic) bond motifs is 1. The Balaban J connectivity index is 2.13. The highest BCUT2D eigenvalue weighted by Gasteiger charge is 2.49. The van der Waals surface area contributed by atoms with Crippen LogP contribution in [0.5, 0.6) is 0 Å².